The van der Waals surface area contributed by atoms with E-state index in [0.29, 0.717) is 5.54 Å². The SMILES string of the molecule is Cc1ccnc(NC23CCCC2C3)c1Br. The largest absolute Gasteiger partial charge is 0.363 e. The summed E-state index contributed by atoms with van der Waals surface area (Å²) >= 11 is 3.61. The van der Waals surface area contributed by atoms with Crippen LogP contribution in [-0.2, 0) is 0 Å². The Bertz CT molecular complexity index is 405. The van der Waals surface area contributed by atoms with E-state index >= 15 is 0 Å². The maximum atomic E-state index is 4.42. The van der Waals surface area contributed by atoms with Gasteiger partial charge in [-0.15, -0.1) is 0 Å². The van der Waals surface area contributed by atoms with E-state index in [0.717, 1.165) is 16.2 Å². The summed E-state index contributed by atoms with van der Waals surface area (Å²) in [4.78, 5) is 4.42. The molecule has 80 valence electrons. The van der Waals surface area contributed by atoms with Crippen molar-refractivity contribution in [3.05, 3.63) is 22.3 Å². The van der Waals surface area contributed by atoms with Crippen LogP contribution in [0, 0.1) is 12.8 Å². The van der Waals surface area contributed by atoms with Gasteiger partial charge >= 0.3 is 0 Å². The quantitative estimate of drug-likeness (QED) is 0.887. The van der Waals surface area contributed by atoms with Crippen molar-refractivity contribution in [3.8, 4) is 0 Å². The standard InChI is InChI=1S/C12H15BrN2/c1-8-4-6-14-11(10(8)13)15-12-5-2-3-9(12)7-12/h4,6,9H,2-3,5,7H2,1H3,(H,14,15). The molecule has 15 heavy (non-hydrogen) atoms. The smallest absolute Gasteiger partial charge is 0.140 e. The molecule has 0 bridgehead atoms. The van der Waals surface area contributed by atoms with Crippen molar-refractivity contribution < 1.29 is 0 Å². The van der Waals surface area contributed by atoms with Crippen LogP contribution in [0.4, 0.5) is 5.82 Å². The number of anilines is 1. The Hall–Kier alpha value is -0.570. The lowest BCUT2D eigenvalue weighted by Gasteiger charge is -2.17. The molecule has 0 amide bonds. The van der Waals surface area contributed by atoms with Gasteiger partial charge in [-0.2, -0.15) is 0 Å². The highest BCUT2D eigenvalue weighted by Gasteiger charge is 2.57. The van der Waals surface area contributed by atoms with Gasteiger partial charge in [-0.25, -0.2) is 4.98 Å². The summed E-state index contributed by atoms with van der Waals surface area (Å²) in [7, 11) is 0. The van der Waals surface area contributed by atoms with Gasteiger partial charge in [-0.1, -0.05) is 6.42 Å². The van der Waals surface area contributed by atoms with Crippen LogP contribution in [0.25, 0.3) is 0 Å². The number of nitrogens with one attached hydrogen (secondary N) is 1. The molecule has 2 saturated carbocycles. The van der Waals surface area contributed by atoms with E-state index in [1.54, 1.807) is 0 Å². The molecule has 1 aromatic heterocycles. The van der Waals surface area contributed by atoms with Crippen LogP contribution in [-0.4, -0.2) is 10.5 Å². The number of halogens is 1. The predicted octanol–water partition coefficient (Wildman–Crippen LogP) is 3.51. The number of nitrogens with zero attached hydrogens (tertiary/aromatic N) is 1. The Kier molecular flexibility index (Phi) is 2.06. The zero-order valence-corrected chi connectivity index (χ0v) is 10.5. The molecular formula is C12H15BrN2. The molecule has 0 radical (unpaired) electrons. The molecule has 1 heterocycles. The highest BCUT2D eigenvalue weighted by molar-refractivity contribution is 9.10. The maximum Gasteiger partial charge on any atom is 0.140 e. The van der Waals surface area contributed by atoms with E-state index in [9.17, 15) is 0 Å². The molecule has 2 aliphatic rings. The van der Waals surface area contributed by atoms with E-state index in [1.165, 1.54) is 31.2 Å². The van der Waals surface area contributed by atoms with E-state index < -0.39 is 0 Å². The summed E-state index contributed by atoms with van der Waals surface area (Å²) in [5.41, 5.74) is 1.66. The Morgan fingerprint density at radius 2 is 2.47 bits per heavy atom. The van der Waals surface area contributed by atoms with Crippen LogP contribution in [0.2, 0.25) is 0 Å². The zero-order valence-electron chi connectivity index (χ0n) is 8.89. The third-order valence-electron chi connectivity index (χ3n) is 3.86. The molecule has 3 heteroatoms. The van der Waals surface area contributed by atoms with Gasteiger partial charge in [0.2, 0.25) is 0 Å². The molecule has 2 nitrogen and oxygen atoms in total. The van der Waals surface area contributed by atoms with Gasteiger partial charge < -0.3 is 5.32 Å². The zero-order chi connectivity index (χ0) is 10.5. The van der Waals surface area contributed by atoms with Crippen molar-refractivity contribution >= 4 is 21.7 Å². The Morgan fingerprint density at radius 3 is 3.13 bits per heavy atom. The molecule has 0 spiro atoms. The summed E-state index contributed by atoms with van der Waals surface area (Å²) in [6, 6.07) is 2.03. The molecule has 2 unspecified atom stereocenters. The summed E-state index contributed by atoms with van der Waals surface area (Å²) in [6.07, 6.45) is 7.32. The van der Waals surface area contributed by atoms with Crippen molar-refractivity contribution in [3.63, 3.8) is 0 Å². The first-order valence-corrected chi connectivity index (χ1v) is 6.40. The van der Waals surface area contributed by atoms with Crippen LogP contribution in [0.15, 0.2) is 16.7 Å². The lowest BCUT2D eigenvalue weighted by atomic mass is 10.2. The second kappa shape index (κ2) is 3.21. The fraction of sp³-hybridized carbons (Fsp3) is 0.583. The first-order chi connectivity index (χ1) is 7.21. The van der Waals surface area contributed by atoms with E-state index in [4.69, 9.17) is 0 Å². The lowest BCUT2D eigenvalue weighted by Crippen LogP contribution is -2.21. The highest BCUT2D eigenvalue weighted by atomic mass is 79.9. The number of pyridine rings is 1. The van der Waals surface area contributed by atoms with Gasteiger partial charge in [0.15, 0.2) is 0 Å². The van der Waals surface area contributed by atoms with Gasteiger partial charge in [0.1, 0.15) is 5.82 Å². The summed E-state index contributed by atoms with van der Waals surface area (Å²) in [5, 5.41) is 3.64. The lowest BCUT2D eigenvalue weighted by molar-refractivity contribution is 0.686. The van der Waals surface area contributed by atoms with E-state index in [1.807, 2.05) is 12.3 Å². The number of hydrogen-bond donors (Lipinski definition) is 1. The Morgan fingerprint density at radius 1 is 1.60 bits per heavy atom. The van der Waals surface area contributed by atoms with Crippen molar-refractivity contribution in [2.24, 2.45) is 5.92 Å². The average Bonchev–Trinajstić information content (AvgIpc) is 2.76. The van der Waals surface area contributed by atoms with Crippen LogP contribution >= 0.6 is 15.9 Å². The third-order valence-corrected chi connectivity index (χ3v) is 4.86. The molecule has 3 rings (SSSR count). The molecule has 0 aromatic carbocycles. The Labute approximate surface area is 98.6 Å². The minimum atomic E-state index is 0.406. The maximum absolute atomic E-state index is 4.42. The summed E-state index contributed by atoms with van der Waals surface area (Å²) in [6.45, 7) is 2.10. The topological polar surface area (TPSA) is 24.9 Å². The molecule has 0 saturated heterocycles. The minimum absolute atomic E-state index is 0.406. The average molecular weight is 267 g/mol. The van der Waals surface area contributed by atoms with E-state index in [-0.39, 0.29) is 0 Å². The number of fused-ring (bicyclic) bond motifs is 1. The molecular weight excluding hydrogens is 252 g/mol. The van der Waals surface area contributed by atoms with Crippen LogP contribution in [0.3, 0.4) is 0 Å². The Balaban J connectivity index is 1.86. The predicted molar refractivity (Wildman–Crippen MR) is 65.0 cm³/mol. The number of aromatic nitrogens is 1. The molecule has 0 aliphatic heterocycles. The number of aryl methyl sites for hydroxylation is 1. The van der Waals surface area contributed by atoms with Crippen LogP contribution in [0.1, 0.15) is 31.2 Å². The normalized spacial score (nSPS) is 32.5. The molecule has 1 N–H and O–H groups in total. The number of rotatable bonds is 2. The molecule has 2 aliphatic carbocycles. The van der Waals surface area contributed by atoms with Crippen molar-refractivity contribution in [1.82, 2.24) is 4.98 Å². The number of hydrogen-bond acceptors (Lipinski definition) is 2. The van der Waals surface area contributed by atoms with Crippen molar-refractivity contribution in [2.45, 2.75) is 38.1 Å². The van der Waals surface area contributed by atoms with Gasteiger partial charge in [-0.3, -0.25) is 0 Å². The van der Waals surface area contributed by atoms with Crippen molar-refractivity contribution in [2.75, 3.05) is 5.32 Å². The molecule has 2 fully saturated rings. The monoisotopic (exact) mass is 266 g/mol. The van der Waals surface area contributed by atoms with Gasteiger partial charge in [-0.05, 0) is 59.7 Å². The fourth-order valence-corrected chi connectivity index (χ4v) is 3.14. The summed E-state index contributed by atoms with van der Waals surface area (Å²) < 4.78 is 1.12. The molecule has 1 aromatic rings. The fourth-order valence-electron chi connectivity index (χ4n) is 2.81. The van der Waals surface area contributed by atoms with Gasteiger partial charge in [0, 0.05) is 11.7 Å². The second-order valence-corrected chi connectivity index (χ2v) is 5.66. The van der Waals surface area contributed by atoms with Crippen molar-refractivity contribution in [1.29, 1.82) is 0 Å². The summed E-state index contributed by atoms with van der Waals surface area (Å²) in [5.74, 6) is 1.94. The minimum Gasteiger partial charge on any atom is -0.363 e. The second-order valence-electron chi connectivity index (χ2n) is 4.86. The van der Waals surface area contributed by atoms with Gasteiger partial charge in [0.05, 0.1) is 4.47 Å². The highest BCUT2D eigenvalue weighted by Crippen LogP contribution is 2.57. The molecule has 2 atom stereocenters. The van der Waals surface area contributed by atoms with E-state index in [2.05, 4.69) is 33.2 Å². The van der Waals surface area contributed by atoms with Gasteiger partial charge in [0.25, 0.3) is 0 Å². The van der Waals surface area contributed by atoms with Crippen LogP contribution in [0.5, 0.6) is 0 Å². The first kappa shape index (κ1) is 9.64. The first-order valence-electron chi connectivity index (χ1n) is 5.61. The third kappa shape index (κ3) is 1.48. The van der Waals surface area contributed by atoms with Crippen LogP contribution < -0.4 is 5.32 Å².